The Morgan fingerprint density at radius 2 is 2.00 bits per heavy atom. The lowest BCUT2D eigenvalue weighted by atomic mass is 10.2. The number of aryl methyl sites for hydroxylation is 2. The van der Waals surface area contributed by atoms with Gasteiger partial charge in [0.1, 0.15) is 0 Å². The van der Waals surface area contributed by atoms with Crippen molar-refractivity contribution >= 4 is 17.8 Å². The summed E-state index contributed by atoms with van der Waals surface area (Å²) in [5.74, 6) is 0. The van der Waals surface area contributed by atoms with Gasteiger partial charge in [0.2, 0.25) is 6.41 Å². The normalized spacial score (nSPS) is 10.1. The summed E-state index contributed by atoms with van der Waals surface area (Å²) in [5.41, 5.74) is 2.48. The van der Waals surface area contributed by atoms with E-state index in [4.69, 9.17) is 0 Å². The van der Waals surface area contributed by atoms with Crippen LogP contribution in [0.4, 0.5) is 11.4 Å². The molecule has 0 atom stereocenters. The molecule has 0 N–H and O–H groups in total. The zero-order valence-electron chi connectivity index (χ0n) is 9.29. The van der Waals surface area contributed by atoms with Crippen LogP contribution >= 0.6 is 0 Å². The summed E-state index contributed by atoms with van der Waals surface area (Å²) in [4.78, 5) is 12.7. The number of hydrogen-bond donors (Lipinski definition) is 0. The van der Waals surface area contributed by atoms with Gasteiger partial charge in [-0.2, -0.15) is 5.10 Å². The molecule has 0 aliphatic carbocycles. The minimum absolute atomic E-state index is 0.805. The maximum absolute atomic E-state index is 11.2. The molecule has 4 nitrogen and oxygen atoms in total. The average Bonchev–Trinajstić information content (AvgIpc) is 2.61. The quantitative estimate of drug-likeness (QED) is 0.735. The van der Waals surface area contributed by atoms with E-state index in [1.54, 1.807) is 9.58 Å². The Morgan fingerprint density at radius 3 is 2.50 bits per heavy atom. The Kier molecular flexibility index (Phi) is 2.72. The lowest BCUT2D eigenvalue weighted by Gasteiger charge is -2.15. The molecule has 0 spiro atoms. The minimum atomic E-state index is 0.805. The van der Waals surface area contributed by atoms with Gasteiger partial charge in [0.25, 0.3) is 0 Å². The van der Waals surface area contributed by atoms with Crippen LogP contribution in [0.3, 0.4) is 0 Å². The maximum Gasteiger partial charge on any atom is 0.218 e. The third-order valence-corrected chi connectivity index (χ3v) is 2.39. The first-order chi connectivity index (χ1) is 7.72. The second kappa shape index (κ2) is 4.18. The third kappa shape index (κ3) is 1.82. The van der Waals surface area contributed by atoms with Crippen molar-refractivity contribution in [1.82, 2.24) is 9.78 Å². The molecular weight excluding hydrogens is 202 g/mol. The molecule has 0 saturated carbocycles. The predicted octanol–water partition coefficient (Wildman–Crippen LogP) is 2.02. The number of aromatic nitrogens is 2. The number of hydrogen-bond acceptors (Lipinski definition) is 2. The van der Waals surface area contributed by atoms with Crippen LogP contribution in [0.5, 0.6) is 0 Å². The lowest BCUT2D eigenvalue weighted by Crippen LogP contribution is -2.14. The molecule has 0 aliphatic rings. The Labute approximate surface area is 94.1 Å². The van der Waals surface area contributed by atoms with Crippen molar-refractivity contribution in [2.24, 2.45) is 7.05 Å². The standard InChI is InChI=1S/C12H13N3O/c1-10-12(8-14(2)13-10)15(9-16)11-6-4-3-5-7-11/h3-9H,1-2H3. The van der Waals surface area contributed by atoms with Gasteiger partial charge in [-0.3, -0.25) is 14.4 Å². The predicted molar refractivity (Wildman–Crippen MR) is 62.6 cm³/mol. The van der Waals surface area contributed by atoms with Gasteiger partial charge in [-0.1, -0.05) is 18.2 Å². The smallest absolute Gasteiger partial charge is 0.218 e. The van der Waals surface area contributed by atoms with Crippen molar-refractivity contribution in [3.63, 3.8) is 0 Å². The highest BCUT2D eigenvalue weighted by Crippen LogP contribution is 2.25. The van der Waals surface area contributed by atoms with Gasteiger partial charge < -0.3 is 0 Å². The summed E-state index contributed by atoms with van der Waals surface area (Å²) < 4.78 is 1.70. The fourth-order valence-electron chi connectivity index (χ4n) is 1.67. The van der Waals surface area contributed by atoms with E-state index in [0.717, 1.165) is 23.5 Å². The van der Waals surface area contributed by atoms with Gasteiger partial charge in [-0.15, -0.1) is 0 Å². The second-order valence-electron chi connectivity index (χ2n) is 3.58. The van der Waals surface area contributed by atoms with E-state index in [9.17, 15) is 4.79 Å². The van der Waals surface area contributed by atoms with Crippen LogP contribution in [0.2, 0.25) is 0 Å². The molecule has 1 aromatic carbocycles. The van der Waals surface area contributed by atoms with Crippen LogP contribution in [-0.2, 0) is 11.8 Å². The van der Waals surface area contributed by atoms with E-state index in [0.29, 0.717) is 0 Å². The molecule has 16 heavy (non-hydrogen) atoms. The number of carbonyl (C=O) groups excluding carboxylic acids is 1. The number of para-hydroxylation sites is 1. The molecule has 0 saturated heterocycles. The number of anilines is 2. The van der Waals surface area contributed by atoms with Gasteiger partial charge in [-0.05, 0) is 19.1 Å². The maximum atomic E-state index is 11.2. The van der Waals surface area contributed by atoms with Gasteiger partial charge >= 0.3 is 0 Å². The zero-order valence-corrected chi connectivity index (χ0v) is 9.29. The molecule has 0 radical (unpaired) electrons. The highest BCUT2D eigenvalue weighted by atomic mass is 16.1. The van der Waals surface area contributed by atoms with E-state index in [1.807, 2.05) is 50.5 Å². The molecule has 0 aliphatic heterocycles. The van der Waals surface area contributed by atoms with Crippen molar-refractivity contribution in [2.45, 2.75) is 6.92 Å². The summed E-state index contributed by atoms with van der Waals surface area (Å²) in [6.45, 7) is 1.88. The molecule has 2 aromatic rings. The van der Waals surface area contributed by atoms with Gasteiger partial charge in [0.15, 0.2) is 0 Å². The first-order valence-electron chi connectivity index (χ1n) is 5.02. The van der Waals surface area contributed by atoms with Gasteiger partial charge in [0, 0.05) is 18.9 Å². The van der Waals surface area contributed by atoms with Crippen molar-refractivity contribution in [1.29, 1.82) is 0 Å². The topological polar surface area (TPSA) is 38.1 Å². The number of rotatable bonds is 3. The third-order valence-electron chi connectivity index (χ3n) is 2.39. The van der Waals surface area contributed by atoms with E-state index in [2.05, 4.69) is 5.10 Å². The first-order valence-corrected chi connectivity index (χ1v) is 5.02. The van der Waals surface area contributed by atoms with Crippen LogP contribution in [0, 0.1) is 6.92 Å². The second-order valence-corrected chi connectivity index (χ2v) is 3.58. The summed E-state index contributed by atoms with van der Waals surface area (Å²) in [5, 5.41) is 4.22. The largest absolute Gasteiger partial charge is 0.280 e. The molecular formula is C12H13N3O. The summed E-state index contributed by atoms with van der Waals surface area (Å²) >= 11 is 0. The van der Waals surface area contributed by atoms with Crippen LogP contribution in [0.25, 0.3) is 0 Å². The molecule has 1 amide bonds. The molecule has 82 valence electrons. The average molecular weight is 215 g/mol. The molecule has 0 fully saturated rings. The SMILES string of the molecule is Cc1nn(C)cc1N(C=O)c1ccccc1. The number of nitrogens with zero attached hydrogens (tertiary/aromatic N) is 3. The van der Waals surface area contributed by atoms with E-state index in [1.165, 1.54) is 0 Å². The Bertz CT molecular complexity index is 490. The molecule has 2 rings (SSSR count). The van der Waals surface area contributed by atoms with Gasteiger partial charge in [-0.25, -0.2) is 0 Å². The summed E-state index contributed by atoms with van der Waals surface area (Å²) in [6, 6.07) is 9.50. The fourth-order valence-corrected chi connectivity index (χ4v) is 1.67. The summed E-state index contributed by atoms with van der Waals surface area (Å²) in [7, 11) is 1.84. The number of amides is 1. The lowest BCUT2D eigenvalue weighted by molar-refractivity contribution is -0.106. The Hall–Kier alpha value is -2.10. The minimum Gasteiger partial charge on any atom is -0.280 e. The van der Waals surface area contributed by atoms with Gasteiger partial charge in [0.05, 0.1) is 11.4 Å². The highest BCUT2D eigenvalue weighted by Gasteiger charge is 2.12. The van der Waals surface area contributed by atoms with E-state index < -0.39 is 0 Å². The van der Waals surface area contributed by atoms with E-state index in [-0.39, 0.29) is 0 Å². The first kappa shape index (κ1) is 10.4. The Morgan fingerprint density at radius 1 is 1.31 bits per heavy atom. The summed E-state index contributed by atoms with van der Waals surface area (Å²) in [6.07, 6.45) is 2.64. The van der Waals surface area contributed by atoms with Crippen molar-refractivity contribution < 1.29 is 4.79 Å². The monoisotopic (exact) mass is 215 g/mol. The molecule has 1 heterocycles. The number of benzene rings is 1. The Balaban J connectivity index is 2.44. The molecule has 0 unspecified atom stereocenters. The number of carbonyl (C=O) groups is 1. The van der Waals surface area contributed by atoms with Crippen LogP contribution in [0.15, 0.2) is 36.5 Å². The van der Waals surface area contributed by atoms with Crippen LogP contribution in [0.1, 0.15) is 5.69 Å². The molecule has 4 heteroatoms. The van der Waals surface area contributed by atoms with Crippen LogP contribution < -0.4 is 4.90 Å². The molecule has 1 aromatic heterocycles. The molecule has 0 bridgehead atoms. The van der Waals surface area contributed by atoms with Crippen molar-refractivity contribution in [2.75, 3.05) is 4.90 Å². The zero-order chi connectivity index (χ0) is 11.5. The van der Waals surface area contributed by atoms with Crippen molar-refractivity contribution in [3.8, 4) is 0 Å². The highest BCUT2D eigenvalue weighted by molar-refractivity contribution is 5.86. The van der Waals surface area contributed by atoms with Crippen LogP contribution in [-0.4, -0.2) is 16.2 Å². The van der Waals surface area contributed by atoms with Crippen molar-refractivity contribution in [3.05, 3.63) is 42.2 Å². The fraction of sp³-hybridized carbons (Fsp3) is 0.167. The van der Waals surface area contributed by atoms with E-state index >= 15 is 0 Å².